The highest BCUT2D eigenvalue weighted by Gasteiger charge is 2.31. The summed E-state index contributed by atoms with van der Waals surface area (Å²) in [4.78, 5) is 26.3. The summed E-state index contributed by atoms with van der Waals surface area (Å²) in [5.74, 6) is 0.0527. The minimum Gasteiger partial charge on any atom is -0.477 e. The average Bonchev–Trinajstić information content (AvgIpc) is 2.63. The maximum Gasteiger partial charge on any atom is 0.262 e. The highest BCUT2D eigenvalue weighted by Crippen LogP contribution is 2.33. The third-order valence-electron chi connectivity index (χ3n) is 3.94. The number of likely N-dealkylation sites (N-methyl/N-ethyl adjacent to an activating group) is 1. The molecule has 0 fully saturated rings. The van der Waals surface area contributed by atoms with E-state index in [-0.39, 0.29) is 24.9 Å². The van der Waals surface area contributed by atoms with Crippen LogP contribution in [0.1, 0.15) is 0 Å². The van der Waals surface area contributed by atoms with Crippen molar-refractivity contribution in [1.82, 2.24) is 5.32 Å². The van der Waals surface area contributed by atoms with Gasteiger partial charge < -0.3 is 20.3 Å². The molecular formula is C18H17Cl2N3O3. The Balaban J connectivity index is 1.76. The van der Waals surface area contributed by atoms with Gasteiger partial charge in [0.05, 0.1) is 29.5 Å². The van der Waals surface area contributed by atoms with Crippen LogP contribution in [0.3, 0.4) is 0 Å². The van der Waals surface area contributed by atoms with E-state index in [4.69, 9.17) is 27.9 Å². The Labute approximate surface area is 161 Å². The van der Waals surface area contributed by atoms with E-state index in [1.807, 2.05) is 18.2 Å². The van der Waals surface area contributed by atoms with E-state index in [0.717, 1.165) is 5.69 Å². The third kappa shape index (κ3) is 4.03. The van der Waals surface area contributed by atoms with Gasteiger partial charge in [0.2, 0.25) is 5.91 Å². The number of nitrogens with one attached hydrogen (secondary N) is 2. The number of para-hydroxylation sites is 2. The molecule has 0 unspecified atom stereocenters. The van der Waals surface area contributed by atoms with Crippen molar-refractivity contribution < 1.29 is 14.3 Å². The van der Waals surface area contributed by atoms with Gasteiger partial charge in [-0.1, -0.05) is 35.3 Å². The van der Waals surface area contributed by atoms with Crippen molar-refractivity contribution in [3.05, 3.63) is 52.5 Å². The van der Waals surface area contributed by atoms with E-state index in [9.17, 15) is 9.59 Å². The third-order valence-corrected chi connectivity index (χ3v) is 4.49. The van der Waals surface area contributed by atoms with Crippen LogP contribution in [-0.4, -0.2) is 38.1 Å². The minimum atomic E-state index is -0.693. The van der Waals surface area contributed by atoms with Gasteiger partial charge in [-0.3, -0.25) is 9.59 Å². The lowest BCUT2D eigenvalue weighted by molar-refractivity contribution is -0.127. The summed E-state index contributed by atoms with van der Waals surface area (Å²) in [6.07, 6.45) is -0.693. The Morgan fingerprint density at radius 3 is 2.73 bits per heavy atom. The molecule has 0 bridgehead atoms. The number of carbonyl (C=O) groups excluding carboxylic acids is 2. The molecule has 1 atom stereocenters. The smallest absolute Gasteiger partial charge is 0.262 e. The summed E-state index contributed by atoms with van der Waals surface area (Å²) >= 11 is 12.0. The number of nitrogens with zero attached hydrogens (tertiary/aromatic N) is 1. The first-order valence-corrected chi connectivity index (χ1v) is 8.70. The van der Waals surface area contributed by atoms with Crippen LogP contribution in [0, 0.1) is 0 Å². The van der Waals surface area contributed by atoms with E-state index < -0.39 is 6.10 Å². The Hall–Kier alpha value is -2.44. The SMILES string of the molecule is CNC(=O)[C@@H]1CN(CC(=O)Nc2ccc(Cl)cc2Cl)c2ccccc2O1. The monoisotopic (exact) mass is 393 g/mol. The molecule has 2 aromatic rings. The standard InChI is InChI=1S/C18H17Cl2N3O3/c1-21-18(25)16-9-23(14-4-2-3-5-15(14)26-16)10-17(24)22-13-7-6-11(19)8-12(13)20/h2-8,16H,9-10H2,1H3,(H,21,25)(H,22,24)/t16-/m0/s1. The van der Waals surface area contributed by atoms with E-state index in [1.165, 1.54) is 0 Å². The van der Waals surface area contributed by atoms with E-state index >= 15 is 0 Å². The van der Waals surface area contributed by atoms with Crippen molar-refractivity contribution in [2.75, 3.05) is 30.4 Å². The maximum absolute atomic E-state index is 12.5. The second kappa shape index (κ2) is 7.85. The first-order valence-electron chi connectivity index (χ1n) is 7.95. The average molecular weight is 394 g/mol. The quantitative estimate of drug-likeness (QED) is 0.837. The molecule has 136 valence electrons. The number of ether oxygens (including phenoxy) is 1. The number of benzene rings is 2. The van der Waals surface area contributed by atoms with Crippen molar-refractivity contribution in [2.24, 2.45) is 0 Å². The van der Waals surface area contributed by atoms with Gasteiger partial charge in [-0.05, 0) is 30.3 Å². The first kappa shape index (κ1) is 18.4. The zero-order valence-electron chi connectivity index (χ0n) is 14.0. The molecule has 1 aliphatic rings. The minimum absolute atomic E-state index is 0.0484. The largest absolute Gasteiger partial charge is 0.477 e. The normalized spacial score (nSPS) is 15.7. The number of hydrogen-bond donors (Lipinski definition) is 2. The van der Waals surface area contributed by atoms with Crippen molar-refractivity contribution in [1.29, 1.82) is 0 Å². The molecule has 2 aromatic carbocycles. The van der Waals surface area contributed by atoms with Gasteiger partial charge in [0.25, 0.3) is 5.91 Å². The zero-order chi connectivity index (χ0) is 18.7. The molecular weight excluding hydrogens is 377 g/mol. The number of amides is 2. The predicted molar refractivity (Wildman–Crippen MR) is 102 cm³/mol. The van der Waals surface area contributed by atoms with Crippen molar-refractivity contribution >= 4 is 46.4 Å². The summed E-state index contributed by atoms with van der Waals surface area (Å²) in [6, 6.07) is 12.1. The lowest BCUT2D eigenvalue weighted by atomic mass is 10.1. The molecule has 2 N–H and O–H groups in total. The van der Waals surface area contributed by atoms with E-state index in [1.54, 1.807) is 36.2 Å². The molecule has 0 aromatic heterocycles. The molecule has 2 amide bonds. The summed E-state index contributed by atoms with van der Waals surface area (Å²) < 4.78 is 5.73. The van der Waals surface area contributed by atoms with Crippen LogP contribution in [0.5, 0.6) is 5.75 Å². The fourth-order valence-electron chi connectivity index (χ4n) is 2.71. The molecule has 1 heterocycles. The Kier molecular flexibility index (Phi) is 5.54. The van der Waals surface area contributed by atoms with Gasteiger partial charge in [0.1, 0.15) is 5.75 Å². The Bertz CT molecular complexity index is 844. The summed E-state index contributed by atoms with van der Waals surface area (Å²) in [5.41, 5.74) is 1.23. The Morgan fingerprint density at radius 2 is 2.00 bits per heavy atom. The highest BCUT2D eigenvalue weighted by atomic mass is 35.5. The number of halogens is 2. The molecule has 26 heavy (non-hydrogen) atoms. The van der Waals surface area contributed by atoms with Gasteiger partial charge in [-0.2, -0.15) is 0 Å². The summed E-state index contributed by atoms with van der Waals surface area (Å²) in [7, 11) is 1.55. The van der Waals surface area contributed by atoms with Crippen LogP contribution in [0.25, 0.3) is 0 Å². The second-order valence-corrected chi connectivity index (χ2v) is 6.58. The molecule has 1 aliphatic heterocycles. The van der Waals surface area contributed by atoms with Crippen LogP contribution in [-0.2, 0) is 9.59 Å². The molecule has 0 spiro atoms. The molecule has 0 saturated heterocycles. The number of carbonyl (C=O) groups is 2. The van der Waals surface area contributed by atoms with Crippen LogP contribution in [0.15, 0.2) is 42.5 Å². The number of hydrogen-bond acceptors (Lipinski definition) is 4. The zero-order valence-corrected chi connectivity index (χ0v) is 15.5. The van der Waals surface area contributed by atoms with Gasteiger partial charge in [0.15, 0.2) is 6.10 Å². The highest BCUT2D eigenvalue weighted by molar-refractivity contribution is 6.36. The van der Waals surface area contributed by atoms with Gasteiger partial charge in [-0.15, -0.1) is 0 Å². The lowest BCUT2D eigenvalue weighted by Crippen LogP contribution is -2.50. The van der Waals surface area contributed by atoms with Crippen molar-refractivity contribution in [3.8, 4) is 5.75 Å². The molecule has 6 nitrogen and oxygen atoms in total. The molecule has 3 rings (SSSR count). The van der Waals surface area contributed by atoms with Gasteiger partial charge in [-0.25, -0.2) is 0 Å². The summed E-state index contributed by atoms with van der Waals surface area (Å²) in [5, 5.41) is 6.18. The van der Waals surface area contributed by atoms with Crippen LogP contribution >= 0.6 is 23.2 Å². The van der Waals surface area contributed by atoms with E-state index in [0.29, 0.717) is 21.5 Å². The fraction of sp³-hybridized carbons (Fsp3) is 0.222. The van der Waals surface area contributed by atoms with Crippen molar-refractivity contribution in [3.63, 3.8) is 0 Å². The van der Waals surface area contributed by atoms with E-state index in [2.05, 4.69) is 10.6 Å². The molecule has 0 saturated carbocycles. The number of fused-ring (bicyclic) bond motifs is 1. The predicted octanol–water partition coefficient (Wildman–Crippen LogP) is 2.95. The fourth-order valence-corrected chi connectivity index (χ4v) is 3.16. The van der Waals surface area contributed by atoms with Crippen LogP contribution in [0.2, 0.25) is 10.0 Å². The topological polar surface area (TPSA) is 70.7 Å². The lowest BCUT2D eigenvalue weighted by Gasteiger charge is -2.35. The van der Waals surface area contributed by atoms with Crippen LogP contribution in [0.4, 0.5) is 11.4 Å². The van der Waals surface area contributed by atoms with Gasteiger partial charge in [0, 0.05) is 12.1 Å². The molecule has 0 aliphatic carbocycles. The number of rotatable bonds is 4. The second-order valence-electron chi connectivity index (χ2n) is 5.74. The Morgan fingerprint density at radius 1 is 1.23 bits per heavy atom. The summed E-state index contributed by atoms with van der Waals surface area (Å²) in [6.45, 7) is 0.311. The first-order chi connectivity index (χ1) is 12.5. The van der Waals surface area contributed by atoms with Crippen molar-refractivity contribution in [2.45, 2.75) is 6.10 Å². The molecule has 0 radical (unpaired) electrons. The molecule has 8 heteroatoms. The van der Waals surface area contributed by atoms with Gasteiger partial charge >= 0.3 is 0 Å². The van der Waals surface area contributed by atoms with Crippen LogP contribution < -0.4 is 20.3 Å². The maximum atomic E-state index is 12.5. The number of anilines is 2.